The molecular weight excluding hydrogens is 200 g/mol. The summed E-state index contributed by atoms with van der Waals surface area (Å²) in [5.74, 6) is 0.987. The highest BCUT2D eigenvalue weighted by Gasteiger charge is 2.17. The Morgan fingerprint density at radius 2 is 2.12 bits per heavy atom. The number of piperidine rings is 1. The molecule has 1 aliphatic heterocycles. The number of fused-ring (bicyclic) bond motifs is 1. The fourth-order valence-corrected chi connectivity index (χ4v) is 2.69. The summed E-state index contributed by atoms with van der Waals surface area (Å²) in [5.41, 5.74) is 2.65. The lowest BCUT2D eigenvalue weighted by atomic mass is 10.0. The number of anilines is 1. The van der Waals surface area contributed by atoms with E-state index in [1.165, 1.54) is 43.5 Å². The van der Waals surface area contributed by atoms with Gasteiger partial charge in [0.2, 0.25) is 5.95 Å². The van der Waals surface area contributed by atoms with Gasteiger partial charge >= 0.3 is 0 Å². The Balaban J connectivity index is 1.67. The first-order valence-corrected chi connectivity index (χ1v) is 6.47. The van der Waals surface area contributed by atoms with E-state index in [-0.39, 0.29) is 0 Å². The van der Waals surface area contributed by atoms with E-state index in [1.54, 1.807) is 0 Å². The standard InChI is InChI=1S/C12H20N4/c1-2-6-11-10(5-1)15-12(16-11)14-9-4-3-7-13-8-9/h9,13H,1-8H2,(H2,14,15,16). The van der Waals surface area contributed by atoms with Crippen LogP contribution in [0.15, 0.2) is 0 Å². The zero-order valence-electron chi connectivity index (χ0n) is 9.68. The van der Waals surface area contributed by atoms with Crippen molar-refractivity contribution in [1.82, 2.24) is 15.3 Å². The number of aromatic nitrogens is 2. The van der Waals surface area contributed by atoms with Crippen molar-refractivity contribution in [2.45, 2.75) is 44.6 Å². The molecule has 0 aromatic carbocycles. The Bertz CT molecular complexity index is 328. The lowest BCUT2D eigenvalue weighted by molar-refractivity contribution is 0.478. The second kappa shape index (κ2) is 4.45. The first-order chi connectivity index (χ1) is 7.92. The molecule has 1 fully saturated rings. The van der Waals surface area contributed by atoms with E-state index in [4.69, 9.17) is 0 Å². The van der Waals surface area contributed by atoms with Crippen molar-refractivity contribution < 1.29 is 0 Å². The number of rotatable bonds is 2. The number of H-pyrrole nitrogens is 1. The smallest absolute Gasteiger partial charge is 0.200 e. The minimum atomic E-state index is 0.543. The maximum Gasteiger partial charge on any atom is 0.200 e. The van der Waals surface area contributed by atoms with Crippen LogP contribution in [0.5, 0.6) is 0 Å². The van der Waals surface area contributed by atoms with Gasteiger partial charge < -0.3 is 15.6 Å². The van der Waals surface area contributed by atoms with Crippen LogP contribution in [0, 0.1) is 0 Å². The van der Waals surface area contributed by atoms with Gasteiger partial charge in [-0.25, -0.2) is 4.98 Å². The second-order valence-electron chi connectivity index (χ2n) is 4.91. The fraction of sp³-hybridized carbons (Fsp3) is 0.750. The molecular formula is C12H20N4. The number of hydrogen-bond acceptors (Lipinski definition) is 3. The third-order valence-corrected chi connectivity index (χ3v) is 3.59. The molecule has 1 aromatic heterocycles. The van der Waals surface area contributed by atoms with E-state index < -0.39 is 0 Å². The number of imidazole rings is 1. The molecule has 0 spiro atoms. The summed E-state index contributed by atoms with van der Waals surface area (Å²) in [6.07, 6.45) is 7.43. The lowest BCUT2D eigenvalue weighted by Crippen LogP contribution is -2.38. The Morgan fingerprint density at radius 3 is 2.94 bits per heavy atom. The van der Waals surface area contributed by atoms with Crippen LogP contribution in [0.1, 0.15) is 37.1 Å². The maximum absolute atomic E-state index is 4.65. The van der Waals surface area contributed by atoms with Crippen LogP contribution < -0.4 is 10.6 Å². The summed E-state index contributed by atoms with van der Waals surface area (Å²) in [7, 11) is 0. The minimum Gasteiger partial charge on any atom is -0.352 e. The zero-order valence-corrected chi connectivity index (χ0v) is 9.68. The zero-order chi connectivity index (χ0) is 10.8. The predicted molar refractivity (Wildman–Crippen MR) is 64.7 cm³/mol. The summed E-state index contributed by atoms with van der Waals surface area (Å²) in [5, 5.41) is 6.92. The van der Waals surface area contributed by atoms with Gasteiger partial charge in [-0.15, -0.1) is 0 Å². The van der Waals surface area contributed by atoms with Gasteiger partial charge in [-0.05, 0) is 45.1 Å². The van der Waals surface area contributed by atoms with Gasteiger partial charge in [0.1, 0.15) is 0 Å². The van der Waals surface area contributed by atoms with Crippen molar-refractivity contribution in [1.29, 1.82) is 0 Å². The molecule has 2 heterocycles. The average molecular weight is 220 g/mol. The minimum absolute atomic E-state index is 0.543. The van der Waals surface area contributed by atoms with Gasteiger partial charge in [0, 0.05) is 18.3 Å². The van der Waals surface area contributed by atoms with E-state index in [0.29, 0.717) is 6.04 Å². The van der Waals surface area contributed by atoms with Crippen LogP contribution in [0.2, 0.25) is 0 Å². The highest BCUT2D eigenvalue weighted by atomic mass is 15.2. The first kappa shape index (κ1) is 10.1. The van der Waals surface area contributed by atoms with E-state index in [2.05, 4.69) is 20.6 Å². The molecule has 0 bridgehead atoms. The summed E-state index contributed by atoms with van der Waals surface area (Å²) in [6, 6.07) is 0.543. The summed E-state index contributed by atoms with van der Waals surface area (Å²) in [4.78, 5) is 8.08. The van der Waals surface area contributed by atoms with Gasteiger partial charge in [0.05, 0.1) is 5.69 Å². The molecule has 1 aliphatic carbocycles. The number of nitrogens with zero attached hydrogens (tertiary/aromatic N) is 1. The second-order valence-corrected chi connectivity index (χ2v) is 4.91. The average Bonchev–Trinajstić information content (AvgIpc) is 2.72. The topological polar surface area (TPSA) is 52.7 Å². The molecule has 0 saturated carbocycles. The quantitative estimate of drug-likeness (QED) is 0.707. The number of aromatic amines is 1. The third-order valence-electron chi connectivity index (χ3n) is 3.59. The molecule has 3 rings (SSSR count). The first-order valence-electron chi connectivity index (χ1n) is 6.47. The summed E-state index contributed by atoms with van der Waals surface area (Å²) >= 11 is 0. The molecule has 16 heavy (non-hydrogen) atoms. The SMILES string of the molecule is C1CCc2[nH]c(NC3CCCNC3)nc2C1. The highest BCUT2D eigenvalue weighted by molar-refractivity contribution is 5.33. The lowest BCUT2D eigenvalue weighted by Gasteiger charge is -2.23. The van der Waals surface area contributed by atoms with Gasteiger partial charge in [0.25, 0.3) is 0 Å². The van der Waals surface area contributed by atoms with E-state index in [1.807, 2.05) is 0 Å². The van der Waals surface area contributed by atoms with Gasteiger partial charge in [0.15, 0.2) is 0 Å². The van der Waals surface area contributed by atoms with Crippen LogP contribution in [0.4, 0.5) is 5.95 Å². The molecule has 3 N–H and O–H groups in total. The van der Waals surface area contributed by atoms with Crippen LogP contribution in [0.3, 0.4) is 0 Å². The number of nitrogens with one attached hydrogen (secondary N) is 3. The van der Waals surface area contributed by atoms with Crippen LogP contribution in [-0.2, 0) is 12.8 Å². The number of aryl methyl sites for hydroxylation is 2. The van der Waals surface area contributed by atoms with Gasteiger partial charge in [-0.1, -0.05) is 0 Å². The van der Waals surface area contributed by atoms with Crippen molar-refractivity contribution >= 4 is 5.95 Å². The maximum atomic E-state index is 4.65. The molecule has 4 nitrogen and oxygen atoms in total. The Labute approximate surface area is 96.2 Å². The molecule has 4 heteroatoms. The third kappa shape index (κ3) is 2.07. The van der Waals surface area contributed by atoms with Crippen molar-refractivity contribution in [2.24, 2.45) is 0 Å². The van der Waals surface area contributed by atoms with Crippen molar-refractivity contribution in [2.75, 3.05) is 18.4 Å². The van der Waals surface area contributed by atoms with Crippen molar-refractivity contribution in [3.05, 3.63) is 11.4 Å². The largest absolute Gasteiger partial charge is 0.352 e. The number of hydrogen-bond donors (Lipinski definition) is 3. The summed E-state index contributed by atoms with van der Waals surface area (Å²) in [6.45, 7) is 2.22. The molecule has 0 amide bonds. The molecule has 2 aliphatic rings. The normalized spacial score (nSPS) is 25.1. The fourth-order valence-electron chi connectivity index (χ4n) is 2.69. The van der Waals surface area contributed by atoms with Crippen molar-refractivity contribution in [3.8, 4) is 0 Å². The van der Waals surface area contributed by atoms with E-state index in [9.17, 15) is 0 Å². The Kier molecular flexibility index (Phi) is 2.82. The van der Waals surface area contributed by atoms with Gasteiger partial charge in [-0.2, -0.15) is 0 Å². The monoisotopic (exact) mass is 220 g/mol. The highest BCUT2D eigenvalue weighted by Crippen LogP contribution is 2.21. The molecule has 1 atom stereocenters. The van der Waals surface area contributed by atoms with Crippen LogP contribution in [0.25, 0.3) is 0 Å². The predicted octanol–water partition coefficient (Wildman–Crippen LogP) is 1.45. The van der Waals surface area contributed by atoms with E-state index >= 15 is 0 Å². The van der Waals surface area contributed by atoms with Crippen molar-refractivity contribution in [3.63, 3.8) is 0 Å². The Hall–Kier alpha value is -1.03. The summed E-state index contributed by atoms with van der Waals surface area (Å²) < 4.78 is 0. The molecule has 1 unspecified atom stereocenters. The van der Waals surface area contributed by atoms with Gasteiger partial charge in [-0.3, -0.25) is 0 Å². The molecule has 88 valence electrons. The Morgan fingerprint density at radius 1 is 1.19 bits per heavy atom. The molecule has 0 radical (unpaired) electrons. The molecule has 1 aromatic rings. The van der Waals surface area contributed by atoms with Crippen LogP contribution >= 0.6 is 0 Å². The van der Waals surface area contributed by atoms with Crippen LogP contribution in [-0.4, -0.2) is 29.1 Å². The van der Waals surface area contributed by atoms with E-state index in [0.717, 1.165) is 25.5 Å². The molecule has 1 saturated heterocycles.